The van der Waals surface area contributed by atoms with Crippen molar-refractivity contribution in [1.29, 1.82) is 0 Å². The Morgan fingerprint density at radius 1 is 1.06 bits per heavy atom. The highest BCUT2D eigenvalue weighted by atomic mass is 16.1. The molecule has 0 aromatic carbocycles. The second-order valence-electron chi connectivity index (χ2n) is 6.11. The lowest BCUT2D eigenvalue weighted by molar-refractivity contribution is -0.123. The maximum atomic E-state index is 11.8. The van der Waals surface area contributed by atoms with Crippen molar-refractivity contribution in [1.82, 2.24) is 5.32 Å². The Morgan fingerprint density at radius 3 is 2.06 bits per heavy atom. The zero-order valence-corrected chi connectivity index (χ0v) is 12.6. The van der Waals surface area contributed by atoms with Crippen LogP contribution in [0, 0.1) is 11.3 Å². The van der Waals surface area contributed by atoms with Crippen molar-refractivity contribution in [3.05, 3.63) is 0 Å². The number of rotatable bonds is 8. The van der Waals surface area contributed by atoms with Gasteiger partial charge in [0.2, 0.25) is 5.91 Å². The fourth-order valence-electron chi connectivity index (χ4n) is 1.89. The second kappa shape index (κ2) is 8.28. The van der Waals surface area contributed by atoms with Crippen molar-refractivity contribution in [2.75, 3.05) is 6.54 Å². The molecule has 1 unspecified atom stereocenters. The van der Waals surface area contributed by atoms with Gasteiger partial charge in [-0.15, -0.1) is 0 Å². The topological polar surface area (TPSA) is 46.2 Å². The third kappa shape index (κ3) is 7.46. The van der Waals surface area contributed by atoms with Crippen molar-refractivity contribution in [3.63, 3.8) is 0 Å². The smallest absolute Gasteiger partial charge is 0.219 e. The van der Waals surface area contributed by atoms with Gasteiger partial charge in [-0.2, -0.15) is 0 Å². The van der Waals surface area contributed by atoms with Gasteiger partial charge in [0.1, 0.15) is 5.78 Å². The van der Waals surface area contributed by atoms with E-state index in [2.05, 4.69) is 26.1 Å². The third-order valence-corrected chi connectivity index (χ3v) is 3.25. The van der Waals surface area contributed by atoms with Gasteiger partial charge < -0.3 is 5.32 Å². The van der Waals surface area contributed by atoms with Crippen LogP contribution in [-0.4, -0.2) is 18.2 Å². The summed E-state index contributed by atoms with van der Waals surface area (Å²) in [4.78, 5) is 23.2. The van der Waals surface area contributed by atoms with Gasteiger partial charge in [-0.05, 0) is 24.2 Å². The highest BCUT2D eigenvalue weighted by molar-refractivity contribution is 5.79. The Bertz CT molecular complexity index is 266. The van der Waals surface area contributed by atoms with Crippen LogP contribution in [0.3, 0.4) is 0 Å². The molecule has 0 spiro atoms. The molecule has 0 saturated heterocycles. The molecule has 1 amide bonds. The SMILES string of the molecule is CCCC(=O)CC(CNC(=O)CCC)C(C)(C)C. The fraction of sp³-hybridized carbons (Fsp3) is 0.867. The Morgan fingerprint density at radius 2 is 1.61 bits per heavy atom. The van der Waals surface area contributed by atoms with E-state index < -0.39 is 0 Å². The average Bonchev–Trinajstić information content (AvgIpc) is 2.23. The van der Waals surface area contributed by atoms with Gasteiger partial charge in [-0.25, -0.2) is 0 Å². The number of ketones is 1. The first kappa shape index (κ1) is 17.1. The molecule has 18 heavy (non-hydrogen) atoms. The molecule has 1 N–H and O–H groups in total. The van der Waals surface area contributed by atoms with Crippen molar-refractivity contribution >= 4 is 11.7 Å². The van der Waals surface area contributed by atoms with Crippen molar-refractivity contribution in [3.8, 4) is 0 Å². The van der Waals surface area contributed by atoms with Gasteiger partial charge in [0.05, 0.1) is 0 Å². The molecule has 0 rings (SSSR count). The van der Waals surface area contributed by atoms with E-state index in [1.165, 1.54) is 0 Å². The van der Waals surface area contributed by atoms with E-state index in [0.29, 0.717) is 31.6 Å². The standard InChI is InChI=1S/C15H29NO2/c1-6-8-13(17)10-12(15(3,4)5)11-16-14(18)9-7-2/h12H,6-11H2,1-5H3,(H,16,18). The van der Waals surface area contributed by atoms with Crippen molar-refractivity contribution in [2.45, 2.75) is 66.7 Å². The van der Waals surface area contributed by atoms with Crippen molar-refractivity contribution < 1.29 is 9.59 Å². The van der Waals surface area contributed by atoms with Gasteiger partial charge in [0, 0.05) is 25.8 Å². The predicted octanol–water partition coefficient (Wildman–Crippen LogP) is 3.32. The quantitative estimate of drug-likeness (QED) is 0.723. The highest BCUT2D eigenvalue weighted by Crippen LogP contribution is 2.28. The number of carbonyl (C=O) groups excluding carboxylic acids is 2. The van der Waals surface area contributed by atoms with Crippen LogP contribution in [0.4, 0.5) is 0 Å². The lowest BCUT2D eigenvalue weighted by Crippen LogP contribution is -2.36. The van der Waals surface area contributed by atoms with E-state index in [4.69, 9.17) is 0 Å². The van der Waals surface area contributed by atoms with Crippen LogP contribution in [0.1, 0.15) is 66.7 Å². The van der Waals surface area contributed by atoms with E-state index >= 15 is 0 Å². The molecule has 0 heterocycles. The Kier molecular flexibility index (Phi) is 7.88. The molecule has 0 aliphatic carbocycles. The van der Waals surface area contributed by atoms with Gasteiger partial charge in [0.25, 0.3) is 0 Å². The van der Waals surface area contributed by atoms with Crippen LogP contribution in [0.5, 0.6) is 0 Å². The molecule has 0 saturated carbocycles. The molecule has 0 aromatic heterocycles. The summed E-state index contributed by atoms with van der Waals surface area (Å²) in [6, 6.07) is 0. The summed E-state index contributed by atoms with van der Waals surface area (Å²) < 4.78 is 0. The third-order valence-electron chi connectivity index (χ3n) is 3.25. The van der Waals surface area contributed by atoms with Crippen LogP contribution in [-0.2, 0) is 9.59 Å². The van der Waals surface area contributed by atoms with E-state index in [-0.39, 0.29) is 17.2 Å². The predicted molar refractivity (Wildman–Crippen MR) is 75.4 cm³/mol. The minimum atomic E-state index is 0.0445. The summed E-state index contributed by atoms with van der Waals surface area (Å²) in [6.45, 7) is 11.0. The maximum Gasteiger partial charge on any atom is 0.219 e. The van der Waals surface area contributed by atoms with Gasteiger partial charge in [0.15, 0.2) is 0 Å². The summed E-state index contributed by atoms with van der Waals surface area (Å²) in [7, 11) is 0. The largest absolute Gasteiger partial charge is 0.356 e. The molecule has 0 fully saturated rings. The lowest BCUT2D eigenvalue weighted by atomic mass is 9.77. The maximum absolute atomic E-state index is 11.8. The normalized spacial score (nSPS) is 13.2. The number of Topliss-reactive ketones (excluding diaryl/α,β-unsaturated/α-hetero) is 1. The second-order valence-corrected chi connectivity index (χ2v) is 6.11. The Labute approximate surface area is 112 Å². The molecule has 3 heteroatoms. The van der Waals surface area contributed by atoms with Gasteiger partial charge >= 0.3 is 0 Å². The van der Waals surface area contributed by atoms with Crippen LogP contribution in [0.15, 0.2) is 0 Å². The first-order valence-corrected chi connectivity index (χ1v) is 7.09. The average molecular weight is 255 g/mol. The van der Waals surface area contributed by atoms with E-state index in [0.717, 1.165) is 12.8 Å². The van der Waals surface area contributed by atoms with Gasteiger partial charge in [-0.1, -0.05) is 34.6 Å². The molecular formula is C15H29NO2. The summed E-state index contributed by atoms with van der Waals surface area (Å²) in [5.41, 5.74) is 0.0445. The zero-order valence-electron chi connectivity index (χ0n) is 12.6. The molecule has 0 bridgehead atoms. The first-order valence-electron chi connectivity index (χ1n) is 7.09. The summed E-state index contributed by atoms with van der Waals surface area (Å²) in [6.07, 6.45) is 3.55. The number of nitrogens with one attached hydrogen (secondary N) is 1. The molecular weight excluding hydrogens is 226 g/mol. The van der Waals surface area contributed by atoms with E-state index in [1.54, 1.807) is 0 Å². The molecule has 0 aliphatic rings. The van der Waals surface area contributed by atoms with Crippen LogP contribution in [0.25, 0.3) is 0 Å². The number of hydrogen-bond acceptors (Lipinski definition) is 2. The lowest BCUT2D eigenvalue weighted by Gasteiger charge is -2.30. The number of amides is 1. The monoisotopic (exact) mass is 255 g/mol. The van der Waals surface area contributed by atoms with E-state index in [1.807, 2.05) is 13.8 Å². The summed E-state index contributed by atoms with van der Waals surface area (Å²) in [5.74, 6) is 0.620. The molecule has 1 atom stereocenters. The molecule has 0 radical (unpaired) electrons. The zero-order chi connectivity index (χ0) is 14.2. The van der Waals surface area contributed by atoms with Gasteiger partial charge in [-0.3, -0.25) is 9.59 Å². The van der Waals surface area contributed by atoms with E-state index in [9.17, 15) is 9.59 Å². The molecule has 0 aromatic rings. The number of carbonyl (C=O) groups is 2. The summed E-state index contributed by atoms with van der Waals surface area (Å²) in [5, 5.41) is 2.95. The first-order chi connectivity index (χ1) is 8.31. The Balaban J connectivity index is 4.33. The highest BCUT2D eigenvalue weighted by Gasteiger charge is 2.26. The van der Waals surface area contributed by atoms with Crippen LogP contribution in [0.2, 0.25) is 0 Å². The van der Waals surface area contributed by atoms with Crippen molar-refractivity contribution in [2.24, 2.45) is 11.3 Å². The fourth-order valence-corrected chi connectivity index (χ4v) is 1.89. The summed E-state index contributed by atoms with van der Waals surface area (Å²) >= 11 is 0. The molecule has 3 nitrogen and oxygen atoms in total. The van der Waals surface area contributed by atoms with Crippen LogP contribution >= 0.6 is 0 Å². The number of hydrogen-bond donors (Lipinski definition) is 1. The minimum Gasteiger partial charge on any atom is -0.356 e. The molecule has 106 valence electrons. The minimum absolute atomic E-state index is 0.0445. The Hall–Kier alpha value is -0.860. The molecule has 0 aliphatic heterocycles. The van der Waals surface area contributed by atoms with Crippen LogP contribution < -0.4 is 5.32 Å².